The van der Waals surface area contributed by atoms with Crippen LogP contribution in [0.4, 0.5) is 22.7 Å². The first-order valence-electron chi connectivity index (χ1n) is 10.2. The maximum atomic E-state index is 11.2. The summed E-state index contributed by atoms with van der Waals surface area (Å²) in [5, 5.41) is 22.4. The van der Waals surface area contributed by atoms with Gasteiger partial charge in [-0.05, 0) is 0 Å². The third-order valence-electron chi connectivity index (χ3n) is 4.52. The van der Waals surface area contributed by atoms with Gasteiger partial charge in [-0.1, -0.05) is 0 Å². The molecule has 2 aromatic carbocycles. The molecule has 34 heavy (non-hydrogen) atoms. The highest BCUT2D eigenvalue weighted by molar-refractivity contribution is 5.66. The molecule has 0 unspecified atom stereocenters. The molecule has 0 radical (unpaired) electrons. The van der Waals surface area contributed by atoms with E-state index in [4.69, 9.17) is 39.9 Å². The van der Waals surface area contributed by atoms with Crippen molar-refractivity contribution in [1.29, 1.82) is 0 Å². The van der Waals surface area contributed by atoms with E-state index in [0.29, 0.717) is 0 Å². The first-order valence-corrected chi connectivity index (χ1v) is 10.2. The van der Waals surface area contributed by atoms with Crippen LogP contribution in [0.1, 0.15) is 0 Å². The predicted molar refractivity (Wildman–Crippen MR) is 119 cm³/mol. The first kappa shape index (κ1) is 24.6. The van der Waals surface area contributed by atoms with E-state index in [-0.39, 0.29) is 98.6 Å². The molecule has 0 saturated carbocycles. The van der Waals surface area contributed by atoms with E-state index in [1.54, 1.807) is 0 Å². The van der Waals surface area contributed by atoms with Gasteiger partial charge in [0.1, 0.15) is 37.8 Å². The van der Waals surface area contributed by atoms with Crippen molar-refractivity contribution in [1.82, 2.24) is 0 Å². The van der Waals surface area contributed by atoms with Crippen LogP contribution >= 0.6 is 0 Å². The fourth-order valence-electron chi connectivity index (χ4n) is 2.94. The standard InChI is InChI=1S/C20H24N4O10/c21-13-9-17-19(11-15(13)23(25)26)33-7-3-30-4-8-34-20-12-16(24(27)28)14(22)10-18(20)32-6-2-29-1-5-31-17/h9-12H,1-8,21-22H2. The lowest BCUT2D eigenvalue weighted by atomic mass is 10.2. The minimum atomic E-state index is -0.614. The molecular weight excluding hydrogens is 456 g/mol. The molecule has 184 valence electrons. The van der Waals surface area contributed by atoms with Crippen molar-refractivity contribution in [3.8, 4) is 23.0 Å². The number of fused-ring (bicyclic) bond motifs is 2. The highest BCUT2D eigenvalue weighted by atomic mass is 16.6. The summed E-state index contributed by atoms with van der Waals surface area (Å²) < 4.78 is 33.3. The van der Waals surface area contributed by atoms with Crippen LogP contribution in [0.5, 0.6) is 23.0 Å². The van der Waals surface area contributed by atoms with Gasteiger partial charge in [-0.15, -0.1) is 0 Å². The van der Waals surface area contributed by atoms with Crippen molar-refractivity contribution in [3.63, 3.8) is 0 Å². The van der Waals surface area contributed by atoms with Crippen molar-refractivity contribution < 1.29 is 38.3 Å². The van der Waals surface area contributed by atoms with Crippen molar-refractivity contribution in [2.24, 2.45) is 0 Å². The number of benzene rings is 2. The highest BCUT2D eigenvalue weighted by Crippen LogP contribution is 2.37. The molecule has 0 aromatic heterocycles. The summed E-state index contributed by atoms with van der Waals surface area (Å²) in [5.74, 6) is 0.754. The number of rotatable bonds is 2. The number of nitro groups is 2. The normalized spacial score (nSPS) is 15.5. The van der Waals surface area contributed by atoms with E-state index in [2.05, 4.69) is 0 Å². The fraction of sp³-hybridized carbons (Fsp3) is 0.400. The molecule has 14 heteroatoms. The Morgan fingerprint density at radius 2 is 0.853 bits per heavy atom. The average molecular weight is 480 g/mol. The van der Waals surface area contributed by atoms with Gasteiger partial charge in [-0.25, -0.2) is 0 Å². The van der Waals surface area contributed by atoms with Crippen LogP contribution < -0.4 is 30.4 Å². The van der Waals surface area contributed by atoms with Crippen molar-refractivity contribution in [2.75, 3.05) is 64.3 Å². The Bertz CT molecular complexity index is 953. The van der Waals surface area contributed by atoms with Crippen LogP contribution in [0.3, 0.4) is 0 Å². The molecule has 3 rings (SSSR count). The number of anilines is 2. The molecule has 14 nitrogen and oxygen atoms in total. The van der Waals surface area contributed by atoms with Crippen LogP contribution in [0.25, 0.3) is 0 Å². The van der Waals surface area contributed by atoms with E-state index in [1.807, 2.05) is 0 Å². The summed E-state index contributed by atoms with van der Waals surface area (Å²) in [4.78, 5) is 21.1. The number of hydrogen-bond donors (Lipinski definition) is 2. The second-order valence-corrected chi connectivity index (χ2v) is 6.85. The average Bonchev–Trinajstić information content (AvgIpc) is 2.78. The Morgan fingerprint density at radius 1 is 0.559 bits per heavy atom. The highest BCUT2D eigenvalue weighted by Gasteiger charge is 2.20. The number of nitrogens with two attached hydrogens (primary N) is 2. The van der Waals surface area contributed by atoms with Crippen LogP contribution in [-0.4, -0.2) is 62.7 Å². The summed E-state index contributed by atoms with van der Waals surface area (Å²) in [6, 6.07) is 5.03. The van der Waals surface area contributed by atoms with E-state index in [1.165, 1.54) is 24.3 Å². The molecule has 1 aliphatic rings. The van der Waals surface area contributed by atoms with Gasteiger partial charge in [0.15, 0.2) is 23.0 Å². The zero-order valence-electron chi connectivity index (χ0n) is 18.1. The van der Waals surface area contributed by atoms with E-state index >= 15 is 0 Å². The maximum Gasteiger partial charge on any atom is 0.296 e. The third kappa shape index (κ3) is 6.49. The number of nitrogen functional groups attached to an aromatic ring is 2. The number of ether oxygens (including phenoxy) is 6. The van der Waals surface area contributed by atoms with Gasteiger partial charge in [0.2, 0.25) is 0 Å². The van der Waals surface area contributed by atoms with Crippen LogP contribution in [0.2, 0.25) is 0 Å². The van der Waals surface area contributed by atoms with Crippen molar-refractivity contribution in [3.05, 3.63) is 44.5 Å². The minimum Gasteiger partial charge on any atom is -0.487 e. The Labute approximate surface area is 193 Å². The monoisotopic (exact) mass is 480 g/mol. The van der Waals surface area contributed by atoms with Crippen LogP contribution in [0, 0.1) is 20.2 Å². The van der Waals surface area contributed by atoms with Gasteiger partial charge in [0.25, 0.3) is 11.4 Å². The van der Waals surface area contributed by atoms with E-state index < -0.39 is 9.85 Å². The topological polar surface area (TPSA) is 194 Å². The summed E-state index contributed by atoms with van der Waals surface area (Å²) in [6.45, 7) is 0.977. The van der Waals surface area contributed by atoms with Crippen LogP contribution in [0.15, 0.2) is 24.3 Å². The largest absolute Gasteiger partial charge is 0.487 e. The zero-order valence-corrected chi connectivity index (χ0v) is 18.1. The van der Waals surface area contributed by atoms with Crippen molar-refractivity contribution >= 4 is 22.7 Å². The second-order valence-electron chi connectivity index (χ2n) is 6.85. The molecule has 0 aliphatic carbocycles. The molecule has 1 heterocycles. The van der Waals surface area contributed by atoms with Crippen molar-refractivity contribution in [2.45, 2.75) is 0 Å². The quantitative estimate of drug-likeness (QED) is 0.361. The summed E-state index contributed by atoms with van der Waals surface area (Å²) in [6.07, 6.45) is 0. The van der Waals surface area contributed by atoms with Gasteiger partial charge in [-0.3, -0.25) is 20.2 Å². The van der Waals surface area contributed by atoms with Gasteiger partial charge in [-0.2, -0.15) is 0 Å². The molecule has 0 bridgehead atoms. The molecular formula is C20H24N4O10. The Hall–Kier alpha value is -4.04. The molecule has 0 atom stereocenters. The number of nitrogens with zero attached hydrogens (tertiary/aromatic N) is 2. The number of nitro benzene ring substituents is 2. The lowest BCUT2D eigenvalue weighted by molar-refractivity contribution is -0.384. The molecule has 0 amide bonds. The Balaban J connectivity index is 1.70. The van der Waals surface area contributed by atoms with Crippen LogP contribution in [-0.2, 0) is 9.47 Å². The second kappa shape index (κ2) is 11.7. The van der Waals surface area contributed by atoms with Gasteiger partial charge >= 0.3 is 0 Å². The molecule has 1 aliphatic heterocycles. The van der Waals surface area contributed by atoms with Gasteiger partial charge in [0.05, 0.1) is 48.4 Å². The first-order chi connectivity index (χ1) is 16.4. The zero-order chi connectivity index (χ0) is 24.5. The summed E-state index contributed by atoms with van der Waals surface area (Å²) >= 11 is 0. The molecule has 4 N–H and O–H groups in total. The SMILES string of the molecule is Nc1cc2c(cc1[N+](=O)[O-])OCCOCCOc1cc([N+](=O)[O-])c(N)cc1OCCOCCO2. The fourth-order valence-corrected chi connectivity index (χ4v) is 2.94. The lowest BCUT2D eigenvalue weighted by Crippen LogP contribution is -2.16. The number of hydrogen-bond acceptors (Lipinski definition) is 12. The maximum absolute atomic E-state index is 11.2. The Kier molecular flexibility index (Phi) is 8.48. The van der Waals surface area contributed by atoms with Gasteiger partial charge in [0, 0.05) is 12.1 Å². The van der Waals surface area contributed by atoms with E-state index in [9.17, 15) is 20.2 Å². The molecule has 0 spiro atoms. The predicted octanol–water partition coefficient (Wildman–Crippen LogP) is 1.93. The lowest BCUT2D eigenvalue weighted by Gasteiger charge is -2.16. The molecule has 2 aromatic rings. The molecule has 0 fully saturated rings. The smallest absolute Gasteiger partial charge is 0.296 e. The summed E-state index contributed by atoms with van der Waals surface area (Å²) in [5.41, 5.74) is 10.8. The summed E-state index contributed by atoms with van der Waals surface area (Å²) in [7, 11) is 0. The van der Waals surface area contributed by atoms with E-state index in [0.717, 1.165) is 0 Å². The third-order valence-corrected chi connectivity index (χ3v) is 4.52. The minimum absolute atomic E-state index is 0.0598. The molecule has 0 saturated heterocycles. The van der Waals surface area contributed by atoms with Gasteiger partial charge < -0.3 is 39.9 Å². The Morgan fingerprint density at radius 3 is 1.15 bits per heavy atom.